The van der Waals surface area contributed by atoms with Gasteiger partial charge in [-0.3, -0.25) is 4.79 Å². The summed E-state index contributed by atoms with van der Waals surface area (Å²) in [6.45, 7) is 5.30. The number of amides is 1. The molecule has 0 aliphatic heterocycles. The lowest BCUT2D eigenvalue weighted by atomic mass is 10.1. The third-order valence-electron chi connectivity index (χ3n) is 2.66. The minimum absolute atomic E-state index is 0.0414. The Morgan fingerprint density at radius 1 is 1.33 bits per heavy atom. The number of fused-ring (bicyclic) bond motifs is 1. The molecule has 0 saturated carbocycles. The number of H-pyrrole nitrogens is 1. The summed E-state index contributed by atoms with van der Waals surface area (Å²) in [6.07, 6.45) is 0. The molecule has 0 aliphatic rings. The van der Waals surface area contributed by atoms with Crippen LogP contribution in [0.5, 0.6) is 0 Å². The molecule has 1 aromatic heterocycles. The van der Waals surface area contributed by atoms with Crippen LogP contribution in [0.25, 0.3) is 10.9 Å². The van der Waals surface area contributed by atoms with Crippen molar-refractivity contribution in [3.8, 4) is 0 Å². The molecule has 18 heavy (non-hydrogen) atoms. The van der Waals surface area contributed by atoms with E-state index >= 15 is 0 Å². The summed E-state index contributed by atoms with van der Waals surface area (Å²) < 4.78 is 26.8. The number of aryl methyl sites for hydroxylation is 1. The molecule has 0 spiro atoms. The van der Waals surface area contributed by atoms with Crippen LogP contribution in [0, 0.1) is 18.6 Å². The van der Waals surface area contributed by atoms with Gasteiger partial charge in [0.2, 0.25) is 0 Å². The molecule has 0 unspecified atom stereocenters. The van der Waals surface area contributed by atoms with Crippen molar-refractivity contribution >= 4 is 16.8 Å². The van der Waals surface area contributed by atoms with Crippen molar-refractivity contribution in [1.29, 1.82) is 0 Å². The van der Waals surface area contributed by atoms with E-state index < -0.39 is 11.6 Å². The molecule has 96 valence electrons. The second-order valence-corrected chi connectivity index (χ2v) is 4.56. The Hall–Kier alpha value is -1.91. The van der Waals surface area contributed by atoms with Crippen LogP contribution in [0.15, 0.2) is 12.1 Å². The van der Waals surface area contributed by atoms with Crippen molar-refractivity contribution in [2.75, 3.05) is 0 Å². The van der Waals surface area contributed by atoms with Gasteiger partial charge < -0.3 is 10.3 Å². The zero-order chi connectivity index (χ0) is 13.4. The summed E-state index contributed by atoms with van der Waals surface area (Å²) in [5.74, 6) is -1.73. The SMILES string of the molecule is Cc1[nH]c2c(F)cc(F)cc2c1C(=O)NC(C)C. The molecular weight excluding hydrogens is 238 g/mol. The number of rotatable bonds is 2. The number of nitrogens with one attached hydrogen (secondary N) is 2. The van der Waals surface area contributed by atoms with Crippen molar-refractivity contribution in [2.45, 2.75) is 26.8 Å². The van der Waals surface area contributed by atoms with E-state index in [-0.39, 0.29) is 28.4 Å². The zero-order valence-electron chi connectivity index (χ0n) is 10.4. The van der Waals surface area contributed by atoms with Crippen LogP contribution in [-0.2, 0) is 0 Å². The van der Waals surface area contributed by atoms with Crippen LogP contribution in [-0.4, -0.2) is 16.9 Å². The molecule has 0 saturated heterocycles. The Morgan fingerprint density at radius 2 is 2.00 bits per heavy atom. The molecule has 1 heterocycles. The standard InChI is InChI=1S/C13H14F2N2O/c1-6(2)16-13(18)11-7(3)17-12-9(11)4-8(14)5-10(12)15/h4-6,17H,1-3H3,(H,16,18). The number of aromatic amines is 1. The molecule has 2 rings (SSSR count). The van der Waals surface area contributed by atoms with Gasteiger partial charge in [0, 0.05) is 23.2 Å². The van der Waals surface area contributed by atoms with Crippen LogP contribution in [0.3, 0.4) is 0 Å². The molecule has 2 N–H and O–H groups in total. The van der Waals surface area contributed by atoms with Gasteiger partial charge in [-0.05, 0) is 26.8 Å². The van der Waals surface area contributed by atoms with E-state index in [2.05, 4.69) is 10.3 Å². The van der Waals surface area contributed by atoms with Gasteiger partial charge in [-0.2, -0.15) is 0 Å². The highest BCUT2D eigenvalue weighted by Gasteiger charge is 2.19. The fraction of sp³-hybridized carbons (Fsp3) is 0.308. The van der Waals surface area contributed by atoms with Crippen LogP contribution < -0.4 is 5.32 Å². The smallest absolute Gasteiger partial charge is 0.253 e. The summed E-state index contributed by atoms with van der Waals surface area (Å²) in [6, 6.07) is 1.92. The highest BCUT2D eigenvalue weighted by Crippen LogP contribution is 2.25. The number of aromatic nitrogens is 1. The third-order valence-corrected chi connectivity index (χ3v) is 2.66. The second kappa shape index (κ2) is 4.40. The molecular formula is C13H14F2N2O. The largest absolute Gasteiger partial charge is 0.356 e. The topological polar surface area (TPSA) is 44.9 Å². The first-order chi connectivity index (χ1) is 8.40. The molecule has 3 nitrogen and oxygen atoms in total. The number of carbonyl (C=O) groups is 1. The molecule has 0 bridgehead atoms. The molecule has 5 heteroatoms. The van der Waals surface area contributed by atoms with Gasteiger partial charge in [0.05, 0.1) is 11.1 Å². The fourth-order valence-corrected chi connectivity index (χ4v) is 1.98. The Labute approximate surface area is 103 Å². The van der Waals surface area contributed by atoms with Crippen molar-refractivity contribution in [1.82, 2.24) is 10.3 Å². The molecule has 1 aromatic carbocycles. The van der Waals surface area contributed by atoms with Crippen LogP contribution in [0.1, 0.15) is 29.9 Å². The van der Waals surface area contributed by atoms with Gasteiger partial charge in [0.15, 0.2) is 0 Å². The van der Waals surface area contributed by atoms with Crippen molar-refractivity contribution in [3.63, 3.8) is 0 Å². The Balaban J connectivity index is 2.63. The molecule has 0 fully saturated rings. The van der Waals surface area contributed by atoms with Crippen molar-refractivity contribution < 1.29 is 13.6 Å². The predicted octanol–water partition coefficient (Wildman–Crippen LogP) is 2.89. The summed E-state index contributed by atoms with van der Waals surface area (Å²) in [4.78, 5) is 14.8. The van der Waals surface area contributed by atoms with E-state index in [1.807, 2.05) is 13.8 Å². The number of hydrogen-bond donors (Lipinski definition) is 2. The first-order valence-corrected chi connectivity index (χ1v) is 5.68. The maximum Gasteiger partial charge on any atom is 0.253 e. The summed E-state index contributed by atoms with van der Waals surface area (Å²) in [5, 5.41) is 2.98. The van der Waals surface area contributed by atoms with Crippen LogP contribution in [0.2, 0.25) is 0 Å². The summed E-state index contributed by atoms with van der Waals surface area (Å²) in [7, 11) is 0. The lowest BCUT2D eigenvalue weighted by Crippen LogP contribution is -2.30. The van der Waals surface area contributed by atoms with Crippen molar-refractivity contribution in [3.05, 3.63) is 35.0 Å². The lowest BCUT2D eigenvalue weighted by Gasteiger charge is -2.08. The lowest BCUT2D eigenvalue weighted by molar-refractivity contribution is 0.0944. The first kappa shape index (κ1) is 12.5. The van der Waals surface area contributed by atoms with E-state index in [1.54, 1.807) is 6.92 Å². The van der Waals surface area contributed by atoms with Gasteiger partial charge >= 0.3 is 0 Å². The average molecular weight is 252 g/mol. The first-order valence-electron chi connectivity index (χ1n) is 5.68. The van der Waals surface area contributed by atoms with Gasteiger partial charge in [-0.25, -0.2) is 8.78 Å². The number of hydrogen-bond acceptors (Lipinski definition) is 1. The normalized spacial score (nSPS) is 11.2. The van der Waals surface area contributed by atoms with Gasteiger partial charge in [0.1, 0.15) is 11.6 Å². The zero-order valence-corrected chi connectivity index (χ0v) is 10.4. The van der Waals surface area contributed by atoms with Gasteiger partial charge in [0.25, 0.3) is 5.91 Å². The van der Waals surface area contributed by atoms with Gasteiger partial charge in [-0.1, -0.05) is 0 Å². The number of carbonyl (C=O) groups excluding carboxylic acids is 1. The van der Waals surface area contributed by atoms with E-state index in [1.165, 1.54) is 0 Å². The van der Waals surface area contributed by atoms with Gasteiger partial charge in [-0.15, -0.1) is 0 Å². The Bertz CT molecular complexity index is 617. The van der Waals surface area contributed by atoms with Crippen molar-refractivity contribution in [2.24, 2.45) is 0 Å². The fourth-order valence-electron chi connectivity index (χ4n) is 1.98. The quantitative estimate of drug-likeness (QED) is 0.848. The minimum atomic E-state index is -0.698. The predicted molar refractivity (Wildman–Crippen MR) is 65.6 cm³/mol. The maximum atomic E-state index is 13.6. The molecule has 0 radical (unpaired) electrons. The highest BCUT2D eigenvalue weighted by atomic mass is 19.1. The molecule has 2 aromatic rings. The highest BCUT2D eigenvalue weighted by molar-refractivity contribution is 6.08. The average Bonchev–Trinajstić information content (AvgIpc) is 2.53. The Kier molecular flexibility index (Phi) is 3.07. The third kappa shape index (κ3) is 2.08. The summed E-state index contributed by atoms with van der Waals surface area (Å²) >= 11 is 0. The monoisotopic (exact) mass is 252 g/mol. The maximum absolute atomic E-state index is 13.6. The Morgan fingerprint density at radius 3 is 2.61 bits per heavy atom. The molecule has 1 amide bonds. The second-order valence-electron chi connectivity index (χ2n) is 4.56. The van der Waals surface area contributed by atoms with Crippen LogP contribution >= 0.6 is 0 Å². The van der Waals surface area contributed by atoms with E-state index in [0.717, 1.165) is 12.1 Å². The summed E-state index contributed by atoms with van der Waals surface area (Å²) in [5.41, 5.74) is 0.965. The number of benzene rings is 1. The molecule has 0 atom stereocenters. The number of halogens is 2. The van der Waals surface area contributed by atoms with E-state index in [0.29, 0.717) is 5.69 Å². The minimum Gasteiger partial charge on any atom is -0.356 e. The molecule has 0 aliphatic carbocycles. The van der Waals surface area contributed by atoms with E-state index in [4.69, 9.17) is 0 Å². The van der Waals surface area contributed by atoms with E-state index in [9.17, 15) is 13.6 Å². The van der Waals surface area contributed by atoms with Crippen LogP contribution in [0.4, 0.5) is 8.78 Å².